The molecule has 0 unspecified atom stereocenters. The van der Waals surface area contributed by atoms with Gasteiger partial charge < -0.3 is 5.73 Å². The van der Waals surface area contributed by atoms with E-state index in [0.29, 0.717) is 6.54 Å². The first-order valence-electron chi connectivity index (χ1n) is 4.63. The summed E-state index contributed by atoms with van der Waals surface area (Å²) in [6.45, 7) is 0.617. The summed E-state index contributed by atoms with van der Waals surface area (Å²) in [4.78, 5) is 0.181. The van der Waals surface area contributed by atoms with Crippen LogP contribution in [0.3, 0.4) is 0 Å². The number of hydrogen-bond acceptors (Lipinski definition) is 3. The summed E-state index contributed by atoms with van der Waals surface area (Å²) >= 11 is 5.88. The Labute approximate surface area is 95.2 Å². The Morgan fingerprint density at radius 3 is 2.53 bits per heavy atom. The van der Waals surface area contributed by atoms with Crippen molar-refractivity contribution in [1.82, 2.24) is 0 Å². The number of rotatable bonds is 4. The largest absolute Gasteiger partial charge is 0.330 e. The van der Waals surface area contributed by atoms with Gasteiger partial charge in [0, 0.05) is 6.26 Å². The van der Waals surface area contributed by atoms with Crippen molar-refractivity contribution < 1.29 is 8.42 Å². The van der Waals surface area contributed by atoms with Gasteiger partial charge in [-0.15, -0.1) is 0 Å². The lowest BCUT2D eigenvalue weighted by Crippen LogP contribution is -2.02. The summed E-state index contributed by atoms with van der Waals surface area (Å²) in [5.74, 6) is 0. The van der Waals surface area contributed by atoms with Crippen molar-refractivity contribution in [3.63, 3.8) is 0 Å². The molecule has 0 aliphatic heterocycles. The Morgan fingerprint density at radius 2 is 2.07 bits per heavy atom. The van der Waals surface area contributed by atoms with Gasteiger partial charge in [-0.3, -0.25) is 0 Å². The maximum atomic E-state index is 11.3. The standard InChI is InChI=1S/C10H14ClNO2S/c1-15(13,14)10-5-4-8(3-2-6-12)7-9(10)11/h4-5,7H,2-3,6,12H2,1H3. The van der Waals surface area contributed by atoms with Gasteiger partial charge in [0.05, 0.1) is 9.92 Å². The number of aryl methyl sites for hydroxylation is 1. The molecule has 0 amide bonds. The molecule has 84 valence electrons. The van der Waals surface area contributed by atoms with Crippen LogP contribution < -0.4 is 5.73 Å². The minimum Gasteiger partial charge on any atom is -0.330 e. The van der Waals surface area contributed by atoms with E-state index in [1.807, 2.05) is 0 Å². The summed E-state index contributed by atoms with van der Waals surface area (Å²) in [5, 5.41) is 0.284. The van der Waals surface area contributed by atoms with E-state index in [9.17, 15) is 8.42 Å². The first-order valence-corrected chi connectivity index (χ1v) is 6.90. The fourth-order valence-electron chi connectivity index (χ4n) is 1.31. The van der Waals surface area contributed by atoms with Gasteiger partial charge in [0.25, 0.3) is 0 Å². The van der Waals surface area contributed by atoms with E-state index in [1.165, 1.54) is 0 Å². The number of sulfone groups is 1. The van der Waals surface area contributed by atoms with Crippen LogP contribution in [0.15, 0.2) is 23.1 Å². The van der Waals surface area contributed by atoms with Crippen molar-refractivity contribution >= 4 is 21.4 Å². The molecule has 0 aromatic heterocycles. The first-order chi connectivity index (χ1) is 6.95. The molecule has 2 N–H and O–H groups in total. The second kappa shape index (κ2) is 4.96. The third-order valence-corrected chi connectivity index (χ3v) is 3.65. The van der Waals surface area contributed by atoms with Crippen molar-refractivity contribution in [2.45, 2.75) is 17.7 Å². The van der Waals surface area contributed by atoms with Crippen LogP contribution in [0.5, 0.6) is 0 Å². The molecule has 1 rings (SSSR count). The van der Waals surface area contributed by atoms with Crippen LogP contribution in [0, 0.1) is 0 Å². The fraction of sp³-hybridized carbons (Fsp3) is 0.400. The molecule has 1 aromatic rings. The lowest BCUT2D eigenvalue weighted by molar-refractivity contribution is 0.602. The minimum atomic E-state index is -3.23. The van der Waals surface area contributed by atoms with Crippen LogP contribution in [-0.2, 0) is 16.3 Å². The topological polar surface area (TPSA) is 60.2 Å². The third kappa shape index (κ3) is 3.48. The molecular formula is C10H14ClNO2S. The van der Waals surface area contributed by atoms with E-state index in [1.54, 1.807) is 18.2 Å². The summed E-state index contributed by atoms with van der Waals surface area (Å²) in [6.07, 6.45) is 2.84. The van der Waals surface area contributed by atoms with Crippen LogP contribution in [0.4, 0.5) is 0 Å². The van der Waals surface area contributed by atoms with Gasteiger partial charge in [-0.25, -0.2) is 8.42 Å². The SMILES string of the molecule is CS(=O)(=O)c1ccc(CCCN)cc1Cl. The summed E-state index contributed by atoms with van der Waals surface area (Å²) in [6, 6.07) is 5.01. The Kier molecular flexibility index (Phi) is 4.13. The van der Waals surface area contributed by atoms with Crippen molar-refractivity contribution in [3.05, 3.63) is 28.8 Å². The van der Waals surface area contributed by atoms with Crippen molar-refractivity contribution in [1.29, 1.82) is 0 Å². The van der Waals surface area contributed by atoms with E-state index < -0.39 is 9.84 Å². The van der Waals surface area contributed by atoms with Crippen molar-refractivity contribution in [2.24, 2.45) is 5.73 Å². The normalized spacial score (nSPS) is 11.7. The lowest BCUT2D eigenvalue weighted by atomic mass is 10.1. The van der Waals surface area contributed by atoms with E-state index in [2.05, 4.69) is 0 Å². The number of hydrogen-bond donors (Lipinski definition) is 1. The van der Waals surface area contributed by atoms with Gasteiger partial charge in [-0.1, -0.05) is 17.7 Å². The zero-order valence-corrected chi connectivity index (χ0v) is 10.1. The van der Waals surface area contributed by atoms with E-state index in [0.717, 1.165) is 24.7 Å². The van der Waals surface area contributed by atoms with Gasteiger partial charge in [-0.2, -0.15) is 0 Å². The molecule has 0 aliphatic carbocycles. The number of benzene rings is 1. The predicted molar refractivity (Wildman–Crippen MR) is 61.9 cm³/mol. The monoisotopic (exact) mass is 247 g/mol. The van der Waals surface area contributed by atoms with Crippen LogP contribution in [0.25, 0.3) is 0 Å². The Hall–Kier alpha value is -0.580. The fourth-order valence-corrected chi connectivity index (χ4v) is 2.66. The molecule has 0 radical (unpaired) electrons. The predicted octanol–water partition coefficient (Wildman–Crippen LogP) is 1.63. The van der Waals surface area contributed by atoms with Gasteiger partial charge in [0.15, 0.2) is 9.84 Å². The highest BCUT2D eigenvalue weighted by atomic mass is 35.5. The second-order valence-corrected chi connectivity index (χ2v) is 5.82. The molecule has 0 bridgehead atoms. The molecule has 0 spiro atoms. The smallest absolute Gasteiger partial charge is 0.176 e. The molecule has 15 heavy (non-hydrogen) atoms. The average molecular weight is 248 g/mol. The lowest BCUT2D eigenvalue weighted by Gasteiger charge is -2.05. The molecule has 0 atom stereocenters. The Bertz CT molecular complexity index is 443. The molecule has 5 heteroatoms. The molecule has 0 saturated heterocycles. The maximum absolute atomic E-state index is 11.3. The molecule has 3 nitrogen and oxygen atoms in total. The molecule has 0 heterocycles. The summed E-state index contributed by atoms with van der Waals surface area (Å²) < 4.78 is 22.5. The summed E-state index contributed by atoms with van der Waals surface area (Å²) in [5.41, 5.74) is 6.40. The quantitative estimate of drug-likeness (QED) is 0.880. The Morgan fingerprint density at radius 1 is 1.40 bits per heavy atom. The van der Waals surface area contributed by atoms with Gasteiger partial charge >= 0.3 is 0 Å². The third-order valence-electron chi connectivity index (χ3n) is 2.07. The summed E-state index contributed by atoms with van der Waals surface area (Å²) in [7, 11) is -3.23. The van der Waals surface area contributed by atoms with E-state index >= 15 is 0 Å². The molecule has 0 aliphatic rings. The molecule has 0 saturated carbocycles. The van der Waals surface area contributed by atoms with E-state index in [-0.39, 0.29) is 9.92 Å². The van der Waals surface area contributed by atoms with Crippen molar-refractivity contribution in [3.8, 4) is 0 Å². The van der Waals surface area contributed by atoms with E-state index in [4.69, 9.17) is 17.3 Å². The van der Waals surface area contributed by atoms with Gasteiger partial charge in [0.1, 0.15) is 0 Å². The zero-order valence-electron chi connectivity index (χ0n) is 8.53. The van der Waals surface area contributed by atoms with Crippen LogP contribution >= 0.6 is 11.6 Å². The Balaban J connectivity index is 2.99. The minimum absolute atomic E-state index is 0.181. The maximum Gasteiger partial charge on any atom is 0.176 e. The van der Waals surface area contributed by atoms with Gasteiger partial charge in [0.2, 0.25) is 0 Å². The first kappa shape index (κ1) is 12.5. The van der Waals surface area contributed by atoms with Gasteiger partial charge in [-0.05, 0) is 37.1 Å². The molecule has 0 fully saturated rings. The van der Waals surface area contributed by atoms with Crippen LogP contribution in [-0.4, -0.2) is 21.2 Å². The van der Waals surface area contributed by atoms with Crippen molar-refractivity contribution in [2.75, 3.05) is 12.8 Å². The highest BCUT2D eigenvalue weighted by Crippen LogP contribution is 2.22. The van der Waals surface area contributed by atoms with Crippen LogP contribution in [0.2, 0.25) is 5.02 Å². The van der Waals surface area contributed by atoms with Crippen LogP contribution in [0.1, 0.15) is 12.0 Å². The molecular weight excluding hydrogens is 234 g/mol. The second-order valence-electron chi connectivity index (χ2n) is 3.43. The average Bonchev–Trinajstić information content (AvgIpc) is 2.12. The zero-order chi connectivity index (χ0) is 11.5. The molecule has 1 aromatic carbocycles. The highest BCUT2D eigenvalue weighted by Gasteiger charge is 2.11. The number of nitrogens with two attached hydrogens (primary N) is 1. The highest BCUT2D eigenvalue weighted by molar-refractivity contribution is 7.90. The number of halogens is 1.